The maximum Gasteiger partial charge on any atom is 0.124 e. The molecule has 3 heteroatoms. The highest BCUT2D eigenvalue weighted by Gasteiger charge is 2.42. The Labute approximate surface area is 122 Å². The summed E-state index contributed by atoms with van der Waals surface area (Å²) in [7, 11) is 0. The molecule has 1 aromatic rings. The Morgan fingerprint density at radius 3 is 2.70 bits per heavy atom. The maximum atomic E-state index is 6.38. The first kappa shape index (κ1) is 13.9. The van der Waals surface area contributed by atoms with Crippen LogP contribution in [0.15, 0.2) is 24.3 Å². The maximum absolute atomic E-state index is 6.38. The van der Waals surface area contributed by atoms with Crippen molar-refractivity contribution in [2.75, 3.05) is 19.6 Å². The lowest BCUT2D eigenvalue weighted by Gasteiger charge is -2.46. The second-order valence-electron chi connectivity index (χ2n) is 6.83. The Hall–Kier alpha value is -1.06. The Kier molecular flexibility index (Phi) is 3.74. The minimum Gasteiger partial charge on any atom is -0.487 e. The molecular weight excluding hydrogens is 248 g/mol. The summed E-state index contributed by atoms with van der Waals surface area (Å²) in [6, 6.07) is 8.37. The Bertz CT molecular complexity index is 464. The molecule has 1 aromatic carbocycles. The number of para-hydroxylation sites is 1. The molecule has 2 heterocycles. The van der Waals surface area contributed by atoms with Crippen LogP contribution < -0.4 is 10.5 Å². The topological polar surface area (TPSA) is 38.5 Å². The molecule has 2 N–H and O–H groups in total. The first-order chi connectivity index (χ1) is 9.58. The summed E-state index contributed by atoms with van der Waals surface area (Å²) in [4.78, 5) is 2.56. The van der Waals surface area contributed by atoms with Crippen molar-refractivity contribution < 1.29 is 4.74 Å². The summed E-state index contributed by atoms with van der Waals surface area (Å²) < 4.78 is 6.38. The standard InChI is InChI=1S/C17H26N2O/c1-13(2)12-19-9-7-17(8-10-19)11-15(18)14-5-3-4-6-16(14)20-17/h3-6,13,15H,7-12,18H2,1-2H3. The van der Waals surface area contributed by atoms with E-state index in [2.05, 4.69) is 30.9 Å². The molecule has 0 bridgehead atoms. The molecule has 1 fully saturated rings. The van der Waals surface area contributed by atoms with Crippen molar-refractivity contribution in [1.82, 2.24) is 4.90 Å². The van der Waals surface area contributed by atoms with Gasteiger partial charge in [-0.3, -0.25) is 0 Å². The minimum absolute atomic E-state index is 0.0265. The molecule has 1 saturated heterocycles. The Morgan fingerprint density at radius 2 is 2.00 bits per heavy atom. The molecule has 0 radical (unpaired) electrons. The van der Waals surface area contributed by atoms with Gasteiger partial charge in [-0.25, -0.2) is 0 Å². The number of hydrogen-bond donors (Lipinski definition) is 1. The van der Waals surface area contributed by atoms with Crippen LogP contribution in [0.25, 0.3) is 0 Å². The molecule has 2 aliphatic heterocycles. The number of benzene rings is 1. The van der Waals surface area contributed by atoms with E-state index in [1.165, 1.54) is 12.1 Å². The molecule has 1 spiro atoms. The number of rotatable bonds is 2. The van der Waals surface area contributed by atoms with Gasteiger partial charge in [0.15, 0.2) is 0 Å². The molecule has 0 aromatic heterocycles. The second kappa shape index (κ2) is 5.38. The smallest absolute Gasteiger partial charge is 0.124 e. The number of nitrogens with two attached hydrogens (primary N) is 1. The molecule has 0 saturated carbocycles. The molecule has 1 atom stereocenters. The van der Waals surface area contributed by atoms with Crippen molar-refractivity contribution in [2.45, 2.75) is 44.8 Å². The largest absolute Gasteiger partial charge is 0.487 e. The molecule has 20 heavy (non-hydrogen) atoms. The van der Waals surface area contributed by atoms with Gasteiger partial charge in [0.2, 0.25) is 0 Å². The van der Waals surface area contributed by atoms with Gasteiger partial charge in [-0.2, -0.15) is 0 Å². The van der Waals surface area contributed by atoms with Crippen molar-refractivity contribution >= 4 is 0 Å². The van der Waals surface area contributed by atoms with Crippen molar-refractivity contribution in [3.8, 4) is 5.75 Å². The van der Waals surface area contributed by atoms with E-state index in [9.17, 15) is 0 Å². The predicted molar refractivity (Wildman–Crippen MR) is 81.9 cm³/mol. The minimum atomic E-state index is -0.0265. The third kappa shape index (κ3) is 2.70. The number of fused-ring (bicyclic) bond motifs is 1. The van der Waals surface area contributed by atoms with Gasteiger partial charge in [0.25, 0.3) is 0 Å². The first-order valence-electron chi connectivity index (χ1n) is 7.84. The molecule has 3 rings (SSSR count). The lowest BCUT2D eigenvalue weighted by molar-refractivity contribution is -0.0236. The zero-order chi connectivity index (χ0) is 14.2. The van der Waals surface area contributed by atoms with E-state index >= 15 is 0 Å². The van der Waals surface area contributed by atoms with E-state index in [0.717, 1.165) is 44.0 Å². The summed E-state index contributed by atoms with van der Waals surface area (Å²) in [5.41, 5.74) is 7.52. The summed E-state index contributed by atoms with van der Waals surface area (Å²) in [6.45, 7) is 8.03. The van der Waals surface area contributed by atoms with Crippen LogP contribution in [0, 0.1) is 5.92 Å². The van der Waals surface area contributed by atoms with Crippen molar-refractivity contribution in [3.63, 3.8) is 0 Å². The van der Waals surface area contributed by atoms with E-state index in [-0.39, 0.29) is 11.6 Å². The Balaban J connectivity index is 1.71. The zero-order valence-corrected chi connectivity index (χ0v) is 12.6. The number of likely N-dealkylation sites (tertiary alicyclic amines) is 1. The van der Waals surface area contributed by atoms with Gasteiger partial charge in [-0.05, 0) is 24.8 Å². The summed E-state index contributed by atoms with van der Waals surface area (Å²) >= 11 is 0. The van der Waals surface area contributed by atoms with Crippen LogP contribution in [0.5, 0.6) is 5.75 Å². The highest BCUT2D eigenvalue weighted by atomic mass is 16.5. The van der Waals surface area contributed by atoms with Crippen molar-refractivity contribution in [2.24, 2.45) is 11.7 Å². The van der Waals surface area contributed by atoms with E-state index in [1.807, 2.05) is 12.1 Å². The van der Waals surface area contributed by atoms with E-state index in [4.69, 9.17) is 10.5 Å². The van der Waals surface area contributed by atoms with Crippen molar-refractivity contribution in [1.29, 1.82) is 0 Å². The van der Waals surface area contributed by atoms with Gasteiger partial charge in [0.1, 0.15) is 11.4 Å². The fraction of sp³-hybridized carbons (Fsp3) is 0.647. The summed E-state index contributed by atoms with van der Waals surface area (Å²) in [6.07, 6.45) is 3.16. The van der Waals surface area contributed by atoms with Crippen LogP contribution in [0.1, 0.15) is 44.7 Å². The fourth-order valence-corrected chi connectivity index (χ4v) is 3.63. The number of piperidine rings is 1. The summed E-state index contributed by atoms with van der Waals surface area (Å²) in [5, 5.41) is 0. The van der Waals surface area contributed by atoms with Crippen LogP contribution in [0.4, 0.5) is 0 Å². The number of ether oxygens (including phenoxy) is 1. The quantitative estimate of drug-likeness (QED) is 0.901. The van der Waals surface area contributed by atoms with Gasteiger partial charge in [-0.15, -0.1) is 0 Å². The van der Waals surface area contributed by atoms with Gasteiger partial charge in [0, 0.05) is 37.7 Å². The molecule has 3 nitrogen and oxygen atoms in total. The van der Waals surface area contributed by atoms with Crippen molar-refractivity contribution in [3.05, 3.63) is 29.8 Å². The Morgan fingerprint density at radius 1 is 1.30 bits per heavy atom. The third-order valence-electron chi connectivity index (χ3n) is 4.63. The molecule has 110 valence electrons. The van der Waals surface area contributed by atoms with E-state index in [0.29, 0.717) is 0 Å². The lowest BCUT2D eigenvalue weighted by atomic mass is 9.81. The van der Waals surface area contributed by atoms with Crippen LogP contribution in [0.2, 0.25) is 0 Å². The molecular formula is C17H26N2O. The highest BCUT2D eigenvalue weighted by molar-refractivity contribution is 5.38. The van der Waals surface area contributed by atoms with Gasteiger partial charge in [0.05, 0.1) is 0 Å². The van der Waals surface area contributed by atoms with Gasteiger partial charge < -0.3 is 15.4 Å². The molecule has 1 unspecified atom stereocenters. The number of nitrogens with zero attached hydrogens (tertiary/aromatic N) is 1. The third-order valence-corrected chi connectivity index (χ3v) is 4.63. The molecule has 0 amide bonds. The SMILES string of the molecule is CC(C)CN1CCC2(CC1)CC(N)c1ccccc1O2. The van der Waals surface area contributed by atoms with Crippen LogP contribution in [-0.4, -0.2) is 30.1 Å². The monoisotopic (exact) mass is 274 g/mol. The van der Waals surface area contributed by atoms with E-state index in [1.54, 1.807) is 0 Å². The number of hydrogen-bond acceptors (Lipinski definition) is 3. The second-order valence-corrected chi connectivity index (χ2v) is 6.83. The van der Waals surface area contributed by atoms with Crippen LogP contribution >= 0.6 is 0 Å². The lowest BCUT2D eigenvalue weighted by Crippen LogP contribution is -2.51. The normalized spacial score (nSPS) is 25.5. The fourth-order valence-electron chi connectivity index (χ4n) is 3.63. The highest BCUT2D eigenvalue weighted by Crippen LogP contribution is 2.43. The average molecular weight is 274 g/mol. The van der Waals surface area contributed by atoms with Gasteiger partial charge >= 0.3 is 0 Å². The van der Waals surface area contributed by atoms with Crippen LogP contribution in [-0.2, 0) is 0 Å². The average Bonchev–Trinajstić information content (AvgIpc) is 2.41. The predicted octanol–water partition coefficient (Wildman–Crippen LogP) is 2.96. The molecule has 2 aliphatic rings. The zero-order valence-electron chi connectivity index (χ0n) is 12.6. The first-order valence-corrected chi connectivity index (χ1v) is 7.84. The van der Waals surface area contributed by atoms with Gasteiger partial charge in [-0.1, -0.05) is 32.0 Å². The molecule has 0 aliphatic carbocycles. The van der Waals surface area contributed by atoms with E-state index < -0.39 is 0 Å². The summed E-state index contributed by atoms with van der Waals surface area (Å²) in [5.74, 6) is 1.74. The van der Waals surface area contributed by atoms with Crippen LogP contribution in [0.3, 0.4) is 0 Å².